The lowest BCUT2D eigenvalue weighted by Crippen LogP contribution is -1.98. The van der Waals surface area contributed by atoms with Gasteiger partial charge in [0.2, 0.25) is 0 Å². The van der Waals surface area contributed by atoms with Crippen LogP contribution in [0, 0.1) is 19.7 Å². The third-order valence-corrected chi connectivity index (χ3v) is 4.31. The van der Waals surface area contributed by atoms with Crippen LogP contribution in [-0.4, -0.2) is 0 Å². The molecule has 2 rings (SSSR count). The Labute approximate surface area is 130 Å². The van der Waals surface area contributed by atoms with Gasteiger partial charge in [0.15, 0.2) is 0 Å². The molecule has 0 heterocycles. The molecule has 2 aromatic carbocycles. The molecule has 0 aliphatic rings. The van der Waals surface area contributed by atoms with Gasteiger partial charge in [-0.3, -0.25) is 0 Å². The molecule has 0 amide bonds. The summed E-state index contributed by atoms with van der Waals surface area (Å²) in [6.07, 6.45) is 0. The Balaban J connectivity index is 2.49. The topological polar surface area (TPSA) is 0 Å². The fraction of sp³-hybridized carbons (Fsp3) is 0.200. The minimum Gasteiger partial charge on any atom is -0.206 e. The van der Waals surface area contributed by atoms with Crippen LogP contribution >= 0.6 is 39.1 Å². The lowest BCUT2D eigenvalue weighted by molar-refractivity contribution is 0.608. The molecule has 0 aromatic heterocycles. The molecule has 0 nitrogen and oxygen atoms in total. The maximum absolute atomic E-state index is 13.6. The van der Waals surface area contributed by atoms with E-state index in [1.54, 1.807) is 32.0 Å². The summed E-state index contributed by atoms with van der Waals surface area (Å²) >= 11 is 16.1. The lowest BCUT2D eigenvalue weighted by atomic mass is 9.99. The number of halogens is 4. The van der Waals surface area contributed by atoms with E-state index in [1.807, 2.05) is 12.1 Å². The number of hydrogen-bond acceptors (Lipinski definition) is 0. The van der Waals surface area contributed by atoms with Crippen molar-refractivity contribution in [3.63, 3.8) is 0 Å². The predicted octanol–water partition coefficient (Wildman–Crippen LogP) is 6.19. The maximum atomic E-state index is 13.6. The molecule has 0 spiro atoms. The average Bonchev–Trinajstić information content (AvgIpc) is 2.37. The summed E-state index contributed by atoms with van der Waals surface area (Å²) in [6.45, 7) is 3.47. The minimum atomic E-state index is -0.400. The first kappa shape index (κ1) is 14.8. The van der Waals surface area contributed by atoms with Gasteiger partial charge in [-0.2, -0.15) is 0 Å². The second kappa shape index (κ2) is 5.82. The third-order valence-electron chi connectivity index (χ3n) is 2.98. The molecule has 0 N–H and O–H groups in total. The Morgan fingerprint density at radius 2 is 1.68 bits per heavy atom. The summed E-state index contributed by atoms with van der Waals surface area (Å²) in [4.78, 5) is 0. The summed E-state index contributed by atoms with van der Waals surface area (Å²) in [5.41, 5.74) is 2.83. The summed E-state index contributed by atoms with van der Waals surface area (Å²) < 4.78 is 14.6. The first-order chi connectivity index (χ1) is 8.90. The van der Waals surface area contributed by atoms with Crippen molar-refractivity contribution < 1.29 is 4.39 Å². The van der Waals surface area contributed by atoms with Gasteiger partial charge in [0, 0.05) is 9.50 Å². The van der Waals surface area contributed by atoms with E-state index in [1.165, 1.54) is 0 Å². The molecule has 0 bridgehead atoms. The van der Waals surface area contributed by atoms with E-state index in [0.717, 1.165) is 15.6 Å². The van der Waals surface area contributed by atoms with E-state index < -0.39 is 5.38 Å². The molecule has 0 saturated carbocycles. The molecule has 4 heteroatoms. The highest BCUT2D eigenvalue weighted by molar-refractivity contribution is 9.10. The summed E-state index contributed by atoms with van der Waals surface area (Å²) in [5.74, 6) is -0.187. The van der Waals surface area contributed by atoms with Gasteiger partial charge < -0.3 is 0 Å². The van der Waals surface area contributed by atoms with Crippen molar-refractivity contribution in [2.75, 3.05) is 0 Å². The zero-order valence-corrected chi connectivity index (χ0v) is 13.6. The van der Waals surface area contributed by atoms with Crippen LogP contribution in [0.25, 0.3) is 0 Å². The molecular weight excluding hydrogens is 350 g/mol. The van der Waals surface area contributed by atoms with Gasteiger partial charge in [0.1, 0.15) is 5.82 Å². The molecule has 100 valence electrons. The van der Waals surface area contributed by atoms with Crippen molar-refractivity contribution in [2.24, 2.45) is 0 Å². The van der Waals surface area contributed by atoms with Gasteiger partial charge in [-0.25, -0.2) is 4.39 Å². The van der Waals surface area contributed by atoms with Crippen molar-refractivity contribution in [3.8, 4) is 0 Å². The van der Waals surface area contributed by atoms with Crippen LogP contribution in [0.5, 0.6) is 0 Å². The zero-order valence-electron chi connectivity index (χ0n) is 10.5. The second-order valence-corrected chi connectivity index (χ2v) is 6.26. The molecule has 0 radical (unpaired) electrons. The fourth-order valence-electron chi connectivity index (χ4n) is 2.01. The molecule has 0 aliphatic heterocycles. The van der Waals surface area contributed by atoms with Gasteiger partial charge in [-0.1, -0.05) is 39.7 Å². The zero-order chi connectivity index (χ0) is 14.2. The fourth-order valence-corrected chi connectivity index (χ4v) is 2.98. The second-order valence-electron chi connectivity index (χ2n) is 4.50. The smallest absolute Gasteiger partial charge is 0.129 e. The standard InChI is InChI=1S/C15H12BrCl2F/c1-8-5-10(6-9(2)15(8)19)14(18)12-7-11(16)3-4-13(12)17/h3-7,14H,1-2H3. The number of aryl methyl sites for hydroxylation is 2. The molecule has 1 atom stereocenters. The number of alkyl halides is 1. The highest BCUT2D eigenvalue weighted by atomic mass is 79.9. The van der Waals surface area contributed by atoms with E-state index in [0.29, 0.717) is 16.1 Å². The normalized spacial score (nSPS) is 12.5. The van der Waals surface area contributed by atoms with E-state index in [4.69, 9.17) is 23.2 Å². The van der Waals surface area contributed by atoms with E-state index in [-0.39, 0.29) is 5.82 Å². The maximum Gasteiger partial charge on any atom is 0.129 e. The van der Waals surface area contributed by atoms with Crippen molar-refractivity contribution in [1.29, 1.82) is 0 Å². The Morgan fingerprint density at radius 3 is 2.26 bits per heavy atom. The molecule has 0 aliphatic carbocycles. The van der Waals surface area contributed by atoms with Crippen LogP contribution in [0.1, 0.15) is 27.6 Å². The molecule has 0 saturated heterocycles. The largest absolute Gasteiger partial charge is 0.206 e. The lowest BCUT2D eigenvalue weighted by Gasteiger charge is -2.15. The van der Waals surface area contributed by atoms with E-state index in [9.17, 15) is 4.39 Å². The average molecular weight is 362 g/mol. The summed E-state index contributed by atoms with van der Waals surface area (Å²) in [6, 6.07) is 9.05. The molecule has 19 heavy (non-hydrogen) atoms. The Hall–Kier alpha value is -0.570. The first-order valence-electron chi connectivity index (χ1n) is 5.76. The molecule has 1 unspecified atom stereocenters. The van der Waals surface area contributed by atoms with Crippen LogP contribution < -0.4 is 0 Å². The van der Waals surface area contributed by atoms with Crippen LogP contribution in [0.2, 0.25) is 5.02 Å². The van der Waals surface area contributed by atoms with Crippen molar-refractivity contribution >= 4 is 39.1 Å². The third kappa shape index (κ3) is 3.13. The summed E-state index contributed by atoms with van der Waals surface area (Å²) in [5, 5.41) is 0.200. The SMILES string of the molecule is Cc1cc(C(Cl)c2cc(Br)ccc2Cl)cc(C)c1F. The number of benzene rings is 2. The number of hydrogen-bond donors (Lipinski definition) is 0. The number of rotatable bonds is 2. The van der Waals surface area contributed by atoms with E-state index in [2.05, 4.69) is 15.9 Å². The van der Waals surface area contributed by atoms with Gasteiger partial charge in [0.25, 0.3) is 0 Å². The highest BCUT2D eigenvalue weighted by Crippen LogP contribution is 2.36. The van der Waals surface area contributed by atoms with Gasteiger partial charge in [-0.15, -0.1) is 11.6 Å². The van der Waals surface area contributed by atoms with Crippen LogP contribution in [0.15, 0.2) is 34.8 Å². The van der Waals surface area contributed by atoms with Gasteiger partial charge in [-0.05, 0) is 54.3 Å². The molecular formula is C15H12BrCl2F. The van der Waals surface area contributed by atoms with E-state index >= 15 is 0 Å². The molecule has 2 aromatic rings. The summed E-state index contributed by atoms with van der Waals surface area (Å²) in [7, 11) is 0. The van der Waals surface area contributed by atoms with Crippen LogP contribution in [0.3, 0.4) is 0 Å². The quantitative estimate of drug-likeness (QED) is 0.559. The van der Waals surface area contributed by atoms with Gasteiger partial charge in [0.05, 0.1) is 5.38 Å². The first-order valence-corrected chi connectivity index (χ1v) is 7.36. The Kier molecular flexibility index (Phi) is 4.54. The van der Waals surface area contributed by atoms with Crippen LogP contribution in [0.4, 0.5) is 4.39 Å². The Morgan fingerprint density at radius 1 is 1.11 bits per heavy atom. The van der Waals surface area contributed by atoms with Crippen molar-refractivity contribution in [1.82, 2.24) is 0 Å². The van der Waals surface area contributed by atoms with Crippen molar-refractivity contribution in [2.45, 2.75) is 19.2 Å². The highest BCUT2D eigenvalue weighted by Gasteiger charge is 2.17. The van der Waals surface area contributed by atoms with Gasteiger partial charge >= 0.3 is 0 Å². The van der Waals surface area contributed by atoms with Crippen LogP contribution in [-0.2, 0) is 0 Å². The monoisotopic (exact) mass is 360 g/mol. The minimum absolute atomic E-state index is 0.187. The van der Waals surface area contributed by atoms with Crippen molar-refractivity contribution in [3.05, 3.63) is 67.9 Å². The molecule has 0 fully saturated rings. The Bertz CT molecular complexity index is 603. The predicted molar refractivity (Wildman–Crippen MR) is 82.7 cm³/mol.